The highest BCUT2D eigenvalue weighted by atomic mass is 35.5. The molecule has 110 valence electrons. The molecule has 0 unspecified atom stereocenters. The molecule has 0 atom stereocenters. The lowest BCUT2D eigenvalue weighted by Gasteiger charge is -2.09. The summed E-state index contributed by atoms with van der Waals surface area (Å²) in [6.07, 6.45) is 0.976. The van der Waals surface area contributed by atoms with Crippen molar-refractivity contribution in [1.82, 2.24) is 0 Å². The summed E-state index contributed by atoms with van der Waals surface area (Å²) in [7, 11) is 0. The Kier molecular flexibility index (Phi) is 5.17. The average Bonchev–Trinajstić information content (AvgIpc) is 2.48. The molecule has 0 aliphatic heterocycles. The molecule has 0 spiro atoms. The molecule has 5 heteroatoms. The summed E-state index contributed by atoms with van der Waals surface area (Å²) >= 11 is 5.85. The molecular weight excluding hydrogens is 291 g/mol. The van der Waals surface area contributed by atoms with Crippen LogP contribution in [0.25, 0.3) is 0 Å². The van der Waals surface area contributed by atoms with E-state index < -0.39 is 5.82 Å². The van der Waals surface area contributed by atoms with E-state index in [9.17, 15) is 9.18 Å². The molecule has 2 aromatic carbocycles. The maximum atomic E-state index is 12.9. The van der Waals surface area contributed by atoms with Gasteiger partial charge in [0.1, 0.15) is 5.82 Å². The number of benzene rings is 2. The lowest BCUT2D eigenvalue weighted by atomic mass is 10.1. The Hall–Kier alpha value is -2.07. The van der Waals surface area contributed by atoms with Gasteiger partial charge < -0.3 is 10.6 Å². The third-order valence-electron chi connectivity index (χ3n) is 3.02. The van der Waals surface area contributed by atoms with E-state index in [4.69, 9.17) is 11.6 Å². The maximum Gasteiger partial charge on any atom is 0.243 e. The standard InChI is InChI=1S/C16H16ClFN2O/c1-2-11-3-6-13(7-4-11)19-10-16(21)20-15-8-5-12(18)9-14(15)17/h3-9,19H,2,10H2,1H3,(H,20,21). The fourth-order valence-corrected chi connectivity index (χ4v) is 2.04. The average molecular weight is 307 g/mol. The van der Waals surface area contributed by atoms with Crippen molar-refractivity contribution in [3.8, 4) is 0 Å². The van der Waals surface area contributed by atoms with Crippen molar-refractivity contribution in [3.05, 3.63) is 58.9 Å². The Morgan fingerprint density at radius 2 is 1.90 bits per heavy atom. The second-order valence-electron chi connectivity index (χ2n) is 4.58. The smallest absolute Gasteiger partial charge is 0.243 e. The molecule has 1 amide bonds. The van der Waals surface area contributed by atoms with Crippen LogP contribution in [0.5, 0.6) is 0 Å². The van der Waals surface area contributed by atoms with Crippen LogP contribution in [0.1, 0.15) is 12.5 Å². The molecule has 2 N–H and O–H groups in total. The zero-order valence-corrected chi connectivity index (χ0v) is 12.4. The molecule has 0 saturated carbocycles. The molecule has 0 aliphatic rings. The van der Waals surface area contributed by atoms with Gasteiger partial charge in [0.25, 0.3) is 0 Å². The summed E-state index contributed by atoms with van der Waals surface area (Å²) < 4.78 is 12.9. The summed E-state index contributed by atoms with van der Waals surface area (Å²) in [4.78, 5) is 11.8. The second-order valence-corrected chi connectivity index (χ2v) is 4.98. The van der Waals surface area contributed by atoms with Crippen molar-refractivity contribution < 1.29 is 9.18 Å². The first-order valence-electron chi connectivity index (χ1n) is 6.66. The van der Waals surface area contributed by atoms with Crippen LogP contribution in [0.4, 0.5) is 15.8 Å². The summed E-state index contributed by atoms with van der Waals surface area (Å²) in [5, 5.41) is 5.82. The van der Waals surface area contributed by atoms with Gasteiger partial charge in [0.15, 0.2) is 0 Å². The Morgan fingerprint density at radius 1 is 1.19 bits per heavy atom. The zero-order chi connectivity index (χ0) is 15.2. The third-order valence-corrected chi connectivity index (χ3v) is 3.33. The number of anilines is 2. The predicted octanol–water partition coefficient (Wildman–Crippen LogP) is 4.09. The van der Waals surface area contributed by atoms with Crippen LogP contribution in [0, 0.1) is 5.82 Å². The van der Waals surface area contributed by atoms with E-state index >= 15 is 0 Å². The molecule has 3 nitrogen and oxygen atoms in total. The number of aryl methyl sites for hydroxylation is 1. The monoisotopic (exact) mass is 306 g/mol. The summed E-state index contributed by atoms with van der Waals surface area (Å²) in [5.41, 5.74) is 2.50. The molecule has 2 rings (SSSR count). The minimum absolute atomic E-state index is 0.110. The number of carbonyl (C=O) groups excluding carboxylic acids is 1. The highest BCUT2D eigenvalue weighted by Crippen LogP contribution is 2.22. The highest BCUT2D eigenvalue weighted by molar-refractivity contribution is 6.33. The van der Waals surface area contributed by atoms with Crippen LogP contribution in [0.15, 0.2) is 42.5 Å². The molecule has 0 fully saturated rings. The van der Waals surface area contributed by atoms with Gasteiger partial charge in [0.05, 0.1) is 17.3 Å². The van der Waals surface area contributed by atoms with Gasteiger partial charge >= 0.3 is 0 Å². The third kappa shape index (κ3) is 4.46. The predicted molar refractivity (Wildman–Crippen MR) is 84.3 cm³/mol. The highest BCUT2D eigenvalue weighted by Gasteiger charge is 2.06. The first kappa shape index (κ1) is 15.3. The van der Waals surface area contributed by atoms with E-state index in [1.165, 1.54) is 17.7 Å². The molecule has 0 radical (unpaired) electrons. The van der Waals surface area contributed by atoms with E-state index in [0.717, 1.165) is 18.2 Å². The Morgan fingerprint density at radius 3 is 2.52 bits per heavy atom. The van der Waals surface area contributed by atoms with Crippen LogP contribution >= 0.6 is 11.6 Å². The van der Waals surface area contributed by atoms with Gasteiger partial charge in [-0.3, -0.25) is 4.79 Å². The first-order chi connectivity index (χ1) is 10.1. The van der Waals surface area contributed by atoms with Gasteiger partial charge in [-0.25, -0.2) is 4.39 Å². The molecular formula is C16H16ClFN2O. The number of halogens is 2. The number of hydrogen-bond acceptors (Lipinski definition) is 2. The lowest BCUT2D eigenvalue weighted by Crippen LogP contribution is -2.21. The van der Waals surface area contributed by atoms with E-state index in [1.807, 2.05) is 24.3 Å². The summed E-state index contributed by atoms with van der Waals surface area (Å²) in [5.74, 6) is -0.685. The van der Waals surface area contributed by atoms with E-state index in [-0.39, 0.29) is 17.5 Å². The molecule has 0 aromatic heterocycles. The first-order valence-corrected chi connectivity index (χ1v) is 7.04. The largest absolute Gasteiger partial charge is 0.376 e. The van der Waals surface area contributed by atoms with Crippen LogP contribution in [-0.2, 0) is 11.2 Å². The Labute approximate surface area is 128 Å². The number of rotatable bonds is 5. The van der Waals surface area contributed by atoms with Gasteiger partial charge in [0.2, 0.25) is 5.91 Å². The fourth-order valence-electron chi connectivity index (χ4n) is 1.83. The number of nitrogens with one attached hydrogen (secondary N) is 2. The normalized spacial score (nSPS) is 10.2. The maximum absolute atomic E-state index is 12.9. The van der Waals surface area contributed by atoms with Crippen molar-refractivity contribution in [3.63, 3.8) is 0 Å². The van der Waals surface area contributed by atoms with Crippen molar-refractivity contribution in [2.45, 2.75) is 13.3 Å². The molecule has 0 aliphatic carbocycles. The zero-order valence-electron chi connectivity index (χ0n) is 11.6. The van der Waals surface area contributed by atoms with E-state index in [1.54, 1.807) is 0 Å². The number of hydrogen-bond donors (Lipinski definition) is 2. The van der Waals surface area contributed by atoms with Crippen LogP contribution in [-0.4, -0.2) is 12.5 Å². The van der Waals surface area contributed by atoms with Gasteiger partial charge in [-0.05, 0) is 42.3 Å². The van der Waals surface area contributed by atoms with Gasteiger partial charge in [0, 0.05) is 5.69 Å². The van der Waals surface area contributed by atoms with Gasteiger partial charge in [-0.2, -0.15) is 0 Å². The quantitative estimate of drug-likeness (QED) is 0.873. The molecule has 2 aromatic rings. The van der Waals surface area contributed by atoms with Crippen molar-refractivity contribution in [2.24, 2.45) is 0 Å². The second kappa shape index (κ2) is 7.09. The Balaban J connectivity index is 1.89. The topological polar surface area (TPSA) is 41.1 Å². The minimum Gasteiger partial charge on any atom is -0.376 e. The molecule has 0 saturated heterocycles. The van der Waals surface area contributed by atoms with Crippen molar-refractivity contribution in [1.29, 1.82) is 0 Å². The van der Waals surface area contributed by atoms with E-state index in [2.05, 4.69) is 17.6 Å². The van der Waals surface area contributed by atoms with Gasteiger partial charge in [-0.1, -0.05) is 30.7 Å². The summed E-state index contributed by atoms with van der Waals surface area (Å²) in [6, 6.07) is 11.7. The summed E-state index contributed by atoms with van der Waals surface area (Å²) in [6.45, 7) is 2.20. The minimum atomic E-state index is -0.438. The fraction of sp³-hybridized carbons (Fsp3) is 0.188. The lowest BCUT2D eigenvalue weighted by molar-refractivity contribution is -0.114. The van der Waals surface area contributed by atoms with Crippen LogP contribution in [0.3, 0.4) is 0 Å². The van der Waals surface area contributed by atoms with Crippen LogP contribution < -0.4 is 10.6 Å². The molecule has 21 heavy (non-hydrogen) atoms. The Bertz CT molecular complexity index is 629. The van der Waals surface area contributed by atoms with E-state index in [0.29, 0.717) is 5.69 Å². The number of carbonyl (C=O) groups is 1. The SMILES string of the molecule is CCc1ccc(NCC(=O)Nc2ccc(F)cc2Cl)cc1. The molecule has 0 bridgehead atoms. The van der Waals surface area contributed by atoms with Crippen LogP contribution in [0.2, 0.25) is 5.02 Å². The van der Waals surface area contributed by atoms with Crippen molar-refractivity contribution in [2.75, 3.05) is 17.2 Å². The number of amides is 1. The van der Waals surface area contributed by atoms with Crippen molar-refractivity contribution >= 4 is 28.9 Å². The molecule has 0 heterocycles. The van der Waals surface area contributed by atoms with Gasteiger partial charge in [-0.15, -0.1) is 0 Å².